The molecule has 0 spiro atoms. The highest BCUT2D eigenvalue weighted by atomic mass is 32.1. The zero-order chi connectivity index (χ0) is 19.1. The maximum Gasteiger partial charge on any atom is 0.202 e. The molecule has 0 unspecified atom stereocenters. The molecule has 5 rings (SSSR count). The van der Waals surface area contributed by atoms with Gasteiger partial charge in [0, 0.05) is 6.54 Å². The van der Waals surface area contributed by atoms with Crippen LogP contribution in [0.2, 0.25) is 0 Å². The third-order valence-corrected chi connectivity index (χ3v) is 6.44. The van der Waals surface area contributed by atoms with Crippen molar-refractivity contribution in [1.29, 1.82) is 0 Å². The van der Waals surface area contributed by atoms with Gasteiger partial charge in [0.2, 0.25) is 5.43 Å². The molecular formula is C22H20N2O3S. The molecule has 0 amide bonds. The lowest BCUT2D eigenvalue weighted by Crippen LogP contribution is -2.29. The highest BCUT2D eigenvalue weighted by Gasteiger charge is 2.19. The molecule has 1 aliphatic rings. The van der Waals surface area contributed by atoms with Gasteiger partial charge < -0.3 is 9.52 Å². The lowest BCUT2D eigenvalue weighted by molar-refractivity contribution is 0.218. The minimum Gasteiger partial charge on any atom is -0.507 e. The van der Waals surface area contributed by atoms with Gasteiger partial charge in [-0.15, -0.1) is 11.3 Å². The molecule has 0 radical (unpaired) electrons. The Morgan fingerprint density at radius 2 is 1.93 bits per heavy atom. The van der Waals surface area contributed by atoms with E-state index in [2.05, 4.69) is 9.88 Å². The van der Waals surface area contributed by atoms with Gasteiger partial charge in [-0.1, -0.05) is 18.6 Å². The first kappa shape index (κ1) is 17.4. The number of nitrogens with zero attached hydrogens (tertiary/aromatic N) is 2. The summed E-state index contributed by atoms with van der Waals surface area (Å²) in [4.78, 5) is 20.1. The van der Waals surface area contributed by atoms with Crippen LogP contribution in [0.1, 0.15) is 24.8 Å². The van der Waals surface area contributed by atoms with E-state index in [1.807, 2.05) is 24.3 Å². The van der Waals surface area contributed by atoms with Crippen LogP contribution in [0.5, 0.6) is 5.75 Å². The van der Waals surface area contributed by atoms with E-state index in [4.69, 9.17) is 4.42 Å². The second-order valence-electron chi connectivity index (χ2n) is 7.24. The second kappa shape index (κ2) is 7.04. The number of thiazole rings is 1. The first-order valence-corrected chi connectivity index (χ1v) is 10.4. The van der Waals surface area contributed by atoms with E-state index in [0.29, 0.717) is 33.6 Å². The van der Waals surface area contributed by atoms with E-state index in [0.717, 1.165) is 36.1 Å². The molecule has 1 N–H and O–H groups in total. The van der Waals surface area contributed by atoms with Gasteiger partial charge in [-0.3, -0.25) is 9.69 Å². The monoisotopic (exact) mass is 392 g/mol. The number of benzene rings is 2. The van der Waals surface area contributed by atoms with Gasteiger partial charge in [-0.25, -0.2) is 4.98 Å². The molecule has 0 saturated carbocycles. The number of aromatic hydroxyl groups is 1. The van der Waals surface area contributed by atoms with Crippen LogP contribution in [0.4, 0.5) is 0 Å². The Bertz CT molecular complexity index is 1190. The molecule has 1 fully saturated rings. The maximum absolute atomic E-state index is 13.2. The Balaban J connectivity index is 1.61. The Morgan fingerprint density at radius 1 is 1.11 bits per heavy atom. The van der Waals surface area contributed by atoms with Gasteiger partial charge in [0.15, 0.2) is 0 Å². The number of fused-ring (bicyclic) bond motifs is 2. The summed E-state index contributed by atoms with van der Waals surface area (Å²) >= 11 is 1.48. The fraction of sp³-hybridized carbons (Fsp3) is 0.273. The van der Waals surface area contributed by atoms with E-state index in [1.54, 1.807) is 12.1 Å². The molecule has 2 aromatic heterocycles. The molecule has 0 aliphatic carbocycles. The lowest BCUT2D eigenvalue weighted by atomic mass is 10.1. The van der Waals surface area contributed by atoms with Crippen LogP contribution in [0.3, 0.4) is 0 Å². The van der Waals surface area contributed by atoms with Crippen molar-refractivity contribution < 1.29 is 9.52 Å². The number of aromatic nitrogens is 1. The van der Waals surface area contributed by atoms with Gasteiger partial charge in [-0.05, 0) is 50.2 Å². The number of hydrogen-bond acceptors (Lipinski definition) is 6. The van der Waals surface area contributed by atoms with Crippen molar-refractivity contribution in [2.75, 3.05) is 13.1 Å². The van der Waals surface area contributed by atoms with E-state index < -0.39 is 0 Å². The van der Waals surface area contributed by atoms with E-state index in [9.17, 15) is 9.90 Å². The molecule has 5 nitrogen and oxygen atoms in total. The fourth-order valence-corrected chi connectivity index (χ4v) is 4.84. The van der Waals surface area contributed by atoms with E-state index >= 15 is 0 Å². The summed E-state index contributed by atoms with van der Waals surface area (Å²) in [7, 11) is 0. The summed E-state index contributed by atoms with van der Waals surface area (Å²) in [5.41, 5.74) is 2.38. The molecular weight excluding hydrogens is 372 g/mol. The summed E-state index contributed by atoms with van der Waals surface area (Å²) in [6.45, 7) is 2.60. The summed E-state index contributed by atoms with van der Waals surface area (Å²) in [5.74, 6) is 0.175. The topological polar surface area (TPSA) is 66.6 Å². The normalized spacial score (nSPS) is 15.4. The number of hydrogen-bond donors (Lipinski definition) is 1. The first-order valence-electron chi connectivity index (χ1n) is 9.55. The SMILES string of the molecule is O=c1c(-c2nc3ccccc3s2)coc2c(CN3CCCCC3)c(O)ccc12. The van der Waals surface area contributed by atoms with Crippen molar-refractivity contribution >= 4 is 32.5 Å². The quantitative estimate of drug-likeness (QED) is 0.544. The molecule has 0 bridgehead atoms. The summed E-state index contributed by atoms with van der Waals surface area (Å²) in [6, 6.07) is 11.1. The summed E-state index contributed by atoms with van der Waals surface area (Å²) in [5, 5.41) is 11.6. The third kappa shape index (κ3) is 2.99. The van der Waals surface area contributed by atoms with Crippen molar-refractivity contribution in [3.8, 4) is 16.3 Å². The van der Waals surface area contributed by atoms with Crippen LogP contribution in [0.25, 0.3) is 31.8 Å². The van der Waals surface area contributed by atoms with Crippen LogP contribution in [0, 0.1) is 0 Å². The standard InChI is InChI=1S/C22H20N2O3S/c25-18-9-8-14-20(26)16(22-23-17-6-2-3-7-19(17)28-22)13-27-21(14)15(18)12-24-10-4-1-5-11-24/h2-3,6-9,13,25H,1,4-5,10-12H2. The number of rotatable bonds is 3. The van der Waals surface area contributed by atoms with Crippen LogP contribution < -0.4 is 5.43 Å². The number of piperidine rings is 1. The number of likely N-dealkylation sites (tertiary alicyclic amines) is 1. The molecule has 1 saturated heterocycles. The van der Waals surface area contributed by atoms with Gasteiger partial charge >= 0.3 is 0 Å². The smallest absolute Gasteiger partial charge is 0.202 e. The van der Waals surface area contributed by atoms with Crippen LogP contribution >= 0.6 is 11.3 Å². The Labute approximate surface area is 165 Å². The van der Waals surface area contributed by atoms with E-state index in [-0.39, 0.29) is 11.2 Å². The largest absolute Gasteiger partial charge is 0.507 e. The highest BCUT2D eigenvalue weighted by molar-refractivity contribution is 7.21. The molecule has 3 heterocycles. The van der Waals surface area contributed by atoms with Crippen molar-refractivity contribution in [2.45, 2.75) is 25.8 Å². The van der Waals surface area contributed by atoms with Crippen LogP contribution in [-0.4, -0.2) is 28.1 Å². The summed E-state index contributed by atoms with van der Waals surface area (Å²) in [6.07, 6.45) is 5.06. The number of phenolic OH excluding ortho intramolecular Hbond substituents is 1. The Kier molecular flexibility index (Phi) is 4.37. The molecule has 2 aromatic carbocycles. The molecule has 1 aliphatic heterocycles. The average molecular weight is 392 g/mol. The van der Waals surface area contributed by atoms with Crippen molar-refractivity contribution in [1.82, 2.24) is 9.88 Å². The molecule has 6 heteroatoms. The van der Waals surface area contributed by atoms with Crippen LogP contribution in [-0.2, 0) is 6.54 Å². The average Bonchev–Trinajstić information content (AvgIpc) is 3.15. The number of para-hydroxylation sites is 1. The maximum atomic E-state index is 13.2. The summed E-state index contributed by atoms with van der Waals surface area (Å²) < 4.78 is 6.94. The predicted molar refractivity (Wildman–Crippen MR) is 112 cm³/mol. The van der Waals surface area contributed by atoms with Crippen molar-refractivity contribution in [3.05, 3.63) is 58.4 Å². The number of phenols is 1. The molecule has 0 atom stereocenters. The Hall–Kier alpha value is -2.70. The van der Waals surface area contributed by atoms with Gasteiger partial charge in [0.1, 0.15) is 22.6 Å². The van der Waals surface area contributed by atoms with Gasteiger partial charge in [0.05, 0.1) is 26.7 Å². The molecule has 4 aromatic rings. The third-order valence-electron chi connectivity index (χ3n) is 5.37. The first-order chi connectivity index (χ1) is 13.7. The molecule has 142 valence electrons. The van der Waals surface area contributed by atoms with Gasteiger partial charge in [0.25, 0.3) is 0 Å². The zero-order valence-corrected chi connectivity index (χ0v) is 16.2. The Morgan fingerprint density at radius 3 is 2.75 bits per heavy atom. The van der Waals surface area contributed by atoms with Gasteiger partial charge in [-0.2, -0.15) is 0 Å². The minimum atomic E-state index is -0.111. The molecule has 28 heavy (non-hydrogen) atoms. The highest BCUT2D eigenvalue weighted by Crippen LogP contribution is 2.32. The van der Waals surface area contributed by atoms with Crippen LogP contribution in [0.15, 0.2) is 51.9 Å². The minimum absolute atomic E-state index is 0.111. The van der Waals surface area contributed by atoms with Crippen molar-refractivity contribution in [3.63, 3.8) is 0 Å². The van der Waals surface area contributed by atoms with Crippen molar-refractivity contribution in [2.24, 2.45) is 0 Å². The predicted octanol–water partition coefficient (Wildman–Crippen LogP) is 4.76. The lowest BCUT2D eigenvalue weighted by Gasteiger charge is -2.26. The second-order valence-corrected chi connectivity index (χ2v) is 8.27. The van der Waals surface area contributed by atoms with E-state index in [1.165, 1.54) is 24.0 Å². The zero-order valence-electron chi connectivity index (χ0n) is 15.4. The fourth-order valence-electron chi connectivity index (χ4n) is 3.88.